The smallest absolute Gasteiger partial charge is 0.243 e. The Bertz CT molecular complexity index is 837. The highest BCUT2D eigenvalue weighted by Gasteiger charge is 2.27. The molecule has 0 aliphatic carbocycles. The number of nitrogens with one attached hydrogen (secondary N) is 1. The fourth-order valence-electron chi connectivity index (χ4n) is 2.50. The Morgan fingerprint density at radius 2 is 1.88 bits per heavy atom. The molecule has 9 heteroatoms. The van der Waals surface area contributed by atoms with E-state index in [0.717, 1.165) is 12.8 Å². The number of sulfonamides is 1. The third-order valence-corrected chi connectivity index (χ3v) is 6.47. The maximum Gasteiger partial charge on any atom is 0.243 e. The van der Waals surface area contributed by atoms with Crippen LogP contribution in [-0.2, 0) is 14.8 Å². The van der Waals surface area contributed by atoms with Crippen LogP contribution in [0.2, 0.25) is 0 Å². The average molecular weight is 378 g/mol. The van der Waals surface area contributed by atoms with Crippen molar-refractivity contribution in [2.45, 2.75) is 22.9 Å². The van der Waals surface area contributed by atoms with Crippen molar-refractivity contribution in [1.82, 2.24) is 14.3 Å². The molecule has 25 heavy (non-hydrogen) atoms. The highest BCUT2D eigenvalue weighted by Crippen LogP contribution is 2.23. The SMILES string of the molecule is O=C(CSc1ncccn1)Nc1cccc(S(=O)(=O)N2CCCC2)c1. The summed E-state index contributed by atoms with van der Waals surface area (Å²) in [5, 5.41) is 3.23. The summed E-state index contributed by atoms with van der Waals surface area (Å²) >= 11 is 1.22. The van der Waals surface area contributed by atoms with Gasteiger partial charge in [-0.3, -0.25) is 4.79 Å². The first kappa shape index (κ1) is 17.8. The van der Waals surface area contributed by atoms with Crippen molar-refractivity contribution in [3.05, 3.63) is 42.7 Å². The van der Waals surface area contributed by atoms with Crippen LogP contribution in [0.5, 0.6) is 0 Å². The summed E-state index contributed by atoms with van der Waals surface area (Å²) in [5.41, 5.74) is 0.458. The lowest BCUT2D eigenvalue weighted by atomic mass is 10.3. The van der Waals surface area contributed by atoms with E-state index in [1.165, 1.54) is 22.1 Å². The maximum absolute atomic E-state index is 12.6. The van der Waals surface area contributed by atoms with Gasteiger partial charge in [-0.1, -0.05) is 17.8 Å². The summed E-state index contributed by atoms with van der Waals surface area (Å²) in [7, 11) is -3.50. The van der Waals surface area contributed by atoms with Crippen molar-refractivity contribution in [3.8, 4) is 0 Å². The zero-order valence-corrected chi connectivity index (χ0v) is 15.1. The lowest BCUT2D eigenvalue weighted by molar-refractivity contribution is -0.113. The van der Waals surface area contributed by atoms with Crippen LogP contribution < -0.4 is 5.32 Å². The molecule has 0 spiro atoms. The van der Waals surface area contributed by atoms with Gasteiger partial charge in [0.25, 0.3) is 0 Å². The number of rotatable bonds is 6. The quantitative estimate of drug-likeness (QED) is 0.610. The Morgan fingerprint density at radius 3 is 2.60 bits per heavy atom. The molecule has 1 aliphatic rings. The van der Waals surface area contributed by atoms with Crippen LogP contribution in [0.25, 0.3) is 0 Å². The number of carbonyl (C=O) groups is 1. The molecule has 1 N–H and O–H groups in total. The van der Waals surface area contributed by atoms with Gasteiger partial charge in [-0.2, -0.15) is 4.31 Å². The van der Waals surface area contributed by atoms with Gasteiger partial charge in [0.05, 0.1) is 10.6 Å². The zero-order chi connectivity index (χ0) is 17.7. The monoisotopic (exact) mass is 378 g/mol. The van der Waals surface area contributed by atoms with Gasteiger partial charge in [-0.25, -0.2) is 18.4 Å². The van der Waals surface area contributed by atoms with Crippen LogP contribution >= 0.6 is 11.8 Å². The van der Waals surface area contributed by atoms with Crippen molar-refractivity contribution in [2.75, 3.05) is 24.2 Å². The van der Waals surface area contributed by atoms with Crippen molar-refractivity contribution >= 4 is 33.4 Å². The lowest BCUT2D eigenvalue weighted by Gasteiger charge is -2.16. The lowest BCUT2D eigenvalue weighted by Crippen LogP contribution is -2.28. The molecular formula is C16H18N4O3S2. The molecule has 1 aromatic heterocycles. The second-order valence-electron chi connectivity index (χ2n) is 5.51. The van der Waals surface area contributed by atoms with E-state index in [-0.39, 0.29) is 16.6 Å². The van der Waals surface area contributed by atoms with E-state index in [0.29, 0.717) is 23.9 Å². The van der Waals surface area contributed by atoms with Gasteiger partial charge in [0.15, 0.2) is 5.16 Å². The molecule has 0 atom stereocenters. The van der Waals surface area contributed by atoms with Crippen molar-refractivity contribution in [3.63, 3.8) is 0 Å². The molecular weight excluding hydrogens is 360 g/mol. The molecule has 0 saturated carbocycles. The summed E-state index contributed by atoms with van der Waals surface area (Å²) in [5.74, 6) is -0.0965. The van der Waals surface area contributed by atoms with Gasteiger partial charge >= 0.3 is 0 Å². The molecule has 0 bridgehead atoms. The first-order valence-corrected chi connectivity index (χ1v) is 10.3. The Balaban J connectivity index is 1.64. The number of carbonyl (C=O) groups excluding carboxylic acids is 1. The second kappa shape index (κ2) is 7.94. The van der Waals surface area contributed by atoms with Crippen molar-refractivity contribution in [2.24, 2.45) is 0 Å². The van der Waals surface area contributed by atoms with Crippen molar-refractivity contribution < 1.29 is 13.2 Å². The van der Waals surface area contributed by atoms with Crippen LogP contribution in [0.3, 0.4) is 0 Å². The topological polar surface area (TPSA) is 92.3 Å². The number of hydrogen-bond donors (Lipinski definition) is 1. The molecule has 0 radical (unpaired) electrons. The molecule has 1 amide bonds. The summed E-state index contributed by atoms with van der Waals surface area (Å²) in [6.45, 7) is 1.10. The highest BCUT2D eigenvalue weighted by molar-refractivity contribution is 7.99. The van der Waals surface area contributed by atoms with Crippen LogP contribution in [0.15, 0.2) is 52.8 Å². The molecule has 2 aromatic rings. The normalized spacial score (nSPS) is 15.2. The van der Waals surface area contributed by atoms with Gasteiger partial charge in [-0.05, 0) is 37.1 Å². The zero-order valence-electron chi connectivity index (χ0n) is 13.5. The molecule has 1 aromatic carbocycles. The number of amides is 1. The Kier molecular flexibility index (Phi) is 5.67. The summed E-state index contributed by atoms with van der Waals surface area (Å²) in [6.07, 6.45) is 4.99. The predicted molar refractivity (Wildman–Crippen MR) is 95.8 cm³/mol. The fraction of sp³-hybridized carbons (Fsp3) is 0.312. The number of benzene rings is 1. The largest absolute Gasteiger partial charge is 0.325 e. The molecule has 1 saturated heterocycles. The average Bonchev–Trinajstić information content (AvgIpc) is 3.17. The Hall–Kier alpha value is -1.97. The Morgan fingerprint density at radius 1 is 1.16 bits per heavy atom. The summed E-state index contributed by atoms with van der Waals surface area (Å²) in [6, 6.07) is 8.05. The van der Waals surface area contributed by atoms with E-state index in [2.05, 4.69) is 15.3 Å². The number of hydrogen-bond acceptors (Lipinski definition) is 6. The fourth-order valence-corrected chi connectivity index (χ4v) is 4.67. The van der Waals surface area contributed by atoms with E-state index in [4.69, 9.17) is 0 Å². The molecule has 1 aliphatic heterocycles. The third kappa shape index (κ3) is 4.56. The minimum absolute atomic E-state index is 0.146. The maximum atomic E-state index is 12.6. The molecule has 132 valence electrons. The van der Waals surface area contributed by atoms with E-state index in [1.807, 2.05) is 0 Å². The highest BCUT2D eigenvalue weighted by atomic mass is 32.2. The number of anilines is 1. The standard InChI is InChI=1S/C16H18N4O3S2/c21-15(12-24-16-17-7-4-8-18-16)19-13-5-3-6-14(11-13)25(22,23)20-9-1-2-10-20/h3-8,11H,1-2,9-10,12H2,(H,19,21). The third-order valence-electron chi connectivity index (χ3n) is 3.70. The van der Waals surface area contributed by atoms with E-state index in [1.54, 1.807) is 36.7 Å². The minimum Gasteiger partial charge on any atom is -0.325 e. The molecule has 2 heterocycles. The van der Waals surface area contributed by atoms with Crippen LogP contribution in [0.4, 0.5) is 5.69 Å². The van der Waals surface area contributed by atoms with Crippen molar-refractivity contribution in [1.29, 1.82) is 0 Å². The summed E-state index contributed by atoms with van der Waals surface area (Å²) in [4.78, 5) is 20.3. The first-order chi connectivity index (χ1) is 12.1. The predicted octanol–water partition coefficient (Wildman–Crippen LogP) is 1.99. The van der Waals surface area contributed by atoms with E-state index < -0.39 is 10.0 Å². The van der Waals surface area contributed by atoms with Gasteiger partial charge < -0.3 is 5.32 Å². The van der Waals surface area contributed by atoms with Crippen LogP contribution in [0, 0.1) is 0 Å². The van der Waals surface area contributed by atoms with E-state index >= 15 is 0 Å². The minimum atomic E-state index is -3.50. The van der Waals surface area contributed by atoms with Gasteiger partial charge in [-0.15, -0.1) is 0 Å². The molecule has 7 nitrogen and oxygen atoms in total. The second-order valence-corrected chi connectivity index (χ2v) is 8.39. The number of aromatic nitrogens is 2. The van der Waals surface area contributed by atoms with Crippen LogP contribution in [0.1, 0.15) is 12.8 Å². The van der Waals surface area contributed by atoms with Gasteiger partial charge in [0.1, 0.15) is 0 Å². The van der Waals surface area contributed by atoms with E-state index in [9.17, 15) is 13.2 Å². The molecule has 0 unspecified atom stereocenters. The Labute approximate surface area is 150 Å². The number of nitrogens with zero attached hydrogens (tertiary/aromatic N) is 3. The molecule has 3 rings (SSSR count). The van der Waals surface area contributed by atoms with Gasteiger partial charge in [0, 0.05) is 31.2 Å². The van der Waals surface area contributed by atoms with Crippen LogP contribution in [-0.4, -0.2) is 47.4 Å². The number of thioether (sulfide) groups is 1. The first-order valence-electron chi connectivity index (χ1n) is 7.85. The summed E-state index contributed by atoms with van der Waals surface area (Å²) < 4.78 is 26.6. The molecule has 1 fully saturated rings. The van der Waals surface area contributed by atoms with Gasteiger partial charge in [0.2, 0.25) is 15.9 Å².